The van der Waals surface area contributed by atoms with Crippen LogP contribution in [-0.4, -0.2) is 79.4 Å². The summed E-state index contributed by atoms with van der Waals surface area (Å²) in [5, 5.41) is 14.6. The Hall–Kier alpha value is -5.89. The van der Waals surface area contributed by atoms with E-state index in [0.29, 0.717) is 64.1 Å². The SMILES string of the molecule is COc1cc2ncnc(N(Cc3ccc([N+](=O)[O-])cc3)c3ccc(F)c(Cl)c3)c2cc1OCCOCCOC(C)C(=O)Nc1cccc2c1OC(C1CCONO1)O2. The van der Waals surface area contributed by atoms with Crippen LogP contribution in [0.3, 0.4) is 0 Å². The van der Waals surface area contributed by atoms with E-state index in [1.165, 1.54) is 37.7 Å². The van der Waals surface area contributed by atoms with Crippen LogP contribution in [0, 0.1) is 15.9 Å². The topological polar surface area (TPSA) is 187 Å². The van der Waals surface area contributed by atoms with E-state index >= 15 is 0 Å². The Labute approximate surface area is 335 Å². The minimum Gasteiger partial charge on any atom is -0.493 e. The Bertz CT molecular complexity index is 2250. The molecule has 3 unspecified atom stereocenters. The number of aromatic nitrogens is 2. The summed E-state index contributed by atoms with van der Waals surface area (Å²) in [5.41, 5.74) is 4.53. The van der Waals surface area contributed by atoms with Crippen molar-refractivity contribution in [2.45, 2.75) is 38.4 Å². The van der Waals surface area contributed by atoms with Crippen molar-refractivity contribution in [2.24, 2.45) is 0 Å². The van der Waals surface area contributed by atoms with Crippen molar-refractivity contribution >= 4 is 51.3 Å². The zero-order valence-corrected chi connectivity index (χ0v) is 32.0. The molecule has 5 aromatic rings. The van der Waals surface area contributed by atoms with E-state index in [1.54, 1.807) is 60.4 Å². The van der Waals surface area contributed by atoms with Gasteiger partial charge in [-0.3, -0.25) is 24.6 Å². The highest BCUT2D eigenvalue weighted by Gasteiger charge is 2.36. The largest absolute Gasteiger partial charge is 0.493 e. The van der Waals surface area contributed by atoms with Crippen LogP contribution in [-0.2, 0) is 30.5 Å². The maximum absolute atomic E-state index is 14.2. The van der Waals surface area contributed by atoms with Crippen LogP contribution >= 0.6 is 11.6 Å². The van der Waals surface area contributed by atoms with E-state index in [1.807, 2.05) is 0 Å². The Morgan fingerprint density at radius 2 is 1.90 bits per heavy atom. The van der Waals surface area contributed by atoms with Crippen molar-refractivity contribution in [3.8, 4) is 23.0 Å². The lowest BCUT2D eigenvalue weighted by Crippen LogP contribution is -2.43. The molecule has 0 spiro atoms. The number of hydrogen-bond donors (Lipinski definition) is 2. The lowest BCUT2D eigenvalue weighted by atomic mass is 10.1. The Kier molecular flexibility index (Phi) is 12.9. The van der Waals surface area contributed by atoms with Gasteiger partial charge in [0.1, 0.15) is 30.7 Å². The van der Waals surface area contributed by atoms with Crippen LogP contribution in [0.5, 0.6) is 23.0 Å². The molecule has 1 saturated heterocycles. The maximum atomic E-state index is 14.2. The van der Waals surface area contributed by atoms with Gasteiger partial charge in [0, 0.05) is 42.2 Å². The molecule has 0 bridgehead atoms. The molecule has 19 heteroatoms. The number of nitrogens with one attached hydrogen (secondary N) is 2. The number of nitrogens with zero attached hydrogens (tertiary/aromatic N) is 4. The molecule has 0 aliphatic carbocycles. The molecule has 58 heavy (non-hydrogen) atoms. The van der Waals surface area contributed by atoms with Crippen LogP contribution in [0.2, 0.25) is 5.02 Å². The van der Waals surface area contributed by atoms with Crippen molar-refractivity contribution in [3.05, 3.63) is 106 Å². The molecule has 17 nitrogen and oxygen atoms in total. The number of rotatable bonds is 17. The van der Waals surface area contributed by atoms with Gasteiger partial charge >= 0.3 is 0 Å². The number of nitro groups is 1. The number of carbonyl (C=O) groups is 1. The molecular weight excluding hydrogens is 783 g/mol. The van der Waals surface area contributed by atoms with Gasteiger partial charge in [0.2, 0.25) is 0 Å². The summed E-state index contributed by atoms with van der Waals surface area (Å²) >= 11 is 6.19. The number of methoxy groups -OCH3 is 1. The van der Waals surface area contributed by atoms with E-state index in [2.05, 4.69) is 20.9 Å². The molecule has 1 fully saturated rings. The van der Waals surface area contributed by atoms with Gasteiger partial charge in [0.05, 0.1) is 54.7 Å². The zero-order valence-electron chi connectivity index (χ0n) is 31.2. The first-order valence-corrected chi connectivity index (χ1v) is 18.5. The second kappa shape index (κ2) is 18.6. The average molecular weight is 821 g/mol. The van der Waals surface area contributed by atoms with Crippen molar-refractivity contribution < 1.29 is 52.2 Å². The Morgan fingerprint density at radius 3 is 2.66 bits per heavy atom. The molecule has 4 aromatic carbocycles. The second-order valence-electron chi connectivity index (χ2n) is 12.9. The number of benzene rings is 4. The van der Waals surface area contributed by atoms with Crippen molar-refractivity contribution in [1.29, 1.82) is 0 Å². The highest BCUT2D eigenvalue weighted by atomic mass is 35.5. The molecule has 0 saturated carbocycles. The highest BCUT2D eigenvalue weighted by molar-refractivity contribution is 6.31. The first-order chi connectivity index (χ1) is 28.2. The van der Waals surface area contributed by atoms with Crippen LogP contribution in [0.1, 0.15) is 18.9 Å². The fourth-order valence-corrected chi connectivity index (χ4v) is 6.28. The molecule has 2 aliphatic heterocycles. The number of amides is 1. The zero-order chi connectivity index (χ0) is 40.6. The molecule has 1 aromatic heterocycles. The minimum absolute atomic E-state index is 0.0527. The van der Waals surface area contributed by atoms with Gasteiger partial charge in [-0.2, -0.15) is 0 Å². The standard InChI is InChI=1S/C39H38ClFN6O11/c1-23(38(48)44-30-4-3-5-32-36(30)57-39(56-32)33-12-13-55-45-58-33)53-16-14-52-15-17-54-35-19-27-31(20-34(35)51-2)42-22-43-37(27)46(26-10-11-29(41)28(40)18-26)21-24-6-8-25(9-7-24)47(49)50/h3-11,18-20,22-23,33,39,45H,12-17,21H2,1-2H3,(H,44,48). The summed E-state index contributed by atoms with van der Waals surface area (Å²) in [6.07, 6.45) is 0.0433. The first-order valence-electron chi connectivity index (χ1n) is 18.1. The van der Waals surface area contributed by atoms with Crippen molar-refractivity contribution in [3.63, 3.8) is 0 Å². The number of carbonyl (C=O) groups excluding carboxylic acids is 1. The predicted octanol–water partition coefficient (Wildman–Crippen LogP) is 6.44. The number of ether oxygens (including phenoxy) is 6. The molecule has 3 heterocycles. The summed E-state index contributed by atoms with van der Waals surface area (Å²) in [6, 6.07) is 19.0. The van der Waals surface area contributed by atoms with Gasteiger partial charge in [-0.15, -0.1) is 0 Å². The van der Waals surface area contributed by atoms with Crippen LogP contribution in [0.25, 0.3) is 10.9 Å². The first kappa shape index (κ1) is 40.3. The number of fused-ring (bicyclic) bond motifs is 2. The number of para-hydroxylation sites is 1. The summed E-state index contributed by atoms with van der Waals surface area (Å²) in [4.78, 5) is 44.9. The summed E-state index contributed by atoms with van der Waals surface area (Å²) in [7, 11) is 1.51. The maximum Gasteiger partial charge on any atom is 0.269 e. The molecule has 2 aliphatic rings. The molecule has 2 N–H and O–H groups in total. The summed E-state index contributed by atoms with van der Waals surface area (Å²) < 4.78 is 49.2. The fraction of sp³-hybridized carbons (Fsp3) is 0.308. The van der Waals surface area contributed by atoms with Crippen LogP contribution < -0.4 is 34.8 Å². The Balaban J connectivity index is 0.946. The van der Waals surface area contributed by atoms with Gasteiger partial charge in [0.15, 0.2) is 29.1 Å². The third-order valence-corrected chi connectivity index (χ3v) is 9.38. The van der Waals surface area contributed by atoms with Gasteiger partial charge in [-0.05, 0) is 48.9 Å². The number of hydrogen-bond acceptors (Lipinski definition) is 15. The van der Waals surface area contributed by atoms with E-state index in [-0.39, 0.29) is 49.6 Å². The summed E-state index contributed by atoms with van der Waals surface area (Å²) in [6.45, 7) is 2.91. The van der Waals surface area contributed by atoms with Gasteiger partial charge in [0.25, 0.3) is 17.9 Å². The molecule has 3 atom stereocenters. The Morgan fingerprint density at radius 1 is 1.07 bits per heavy atom. The van der Waals surface area contributed by atoms with Gasteiger partial charge in [-0.25, -0.2) is 14.4 Å². The molecular formula is C39H38ClFN6O11. The third-order valence-electron chi connectivity index (χ3n) is 9.09. The minimum atomic E-state index is -0.805. The molecule has 0 radical (unpaired) electrons. The van der Waals surface area contributed by atoms with E-state index in [9.17, 15) is 19.3 Å². The lowest BCUT2D eigenvalue weighted by molar-refractivity contribution is -0.384. The van der Waals surface area contributed by atoms with Crippen LogP contribution in [0.4, 0.5) is 27.3 Å². The number of non-ortho nitro benzene ring substituents is 1. The van der Waals surface area contributed by atoms with Crippen molar-refractivity contribution in [2.75, 3.05) is 50.4 Å². The fourth-order valence-electron chi connectivity index (χ4n) is 6.10. The van der Waals surface area contributed by atoms with E-state index < -0.39 is 29.2 Å². The quantitative estimate of drug-likeness (QED) is 0.0592. The average Bonchev–Trinajstić information content (AvgIpc) is 3.69. The number of anilines is 3. The molecule has 7 rings (SSSR count). The second-order valence-corrected chi connectivity index (χ2v) is 13.3. The number of nitro benzene ring substituents is 1. The molecule has 1 amide bonds. The molecule has 304 valence electrons. The summed E-state index contributed by atoms with van der Waals surface area (Å²) in [5.74, 6) is 1.15. The van der Waals surface area contributed by atoms with Crippen molar-refractivity contribution in [1.82, 2.24) is 15.6 Å². The number of halogens is 2. The van der Waals surface area contributed by atoms with Gasteiger partial charge < -0.3 is 38.6 Å². The normalized spacial score (nSPS) is 16.5. The monoisotopic (exact) mass is 820 g/mol. The van der Waals surface area contributed by atoms with Crippen LogP contribution in [0.15, 0.2) is 79.1 Å². The highest BCUT2D eigenvalue weighted by Crippen LogP contribution is 2.43. The third kappa shape index (κ3) is 9.45. The van der Waals surface area contributed by atoms with Gasteiger partial charge in [-0.1, -0.05) is 35.4 Å². The smallest absolute Gasteiger partial charge is 0.269 e. The van der Waals surface area contributed by atoms with E-state index in [4.69, 9.17) is 49.7 Å². The predicted molar refractivity (Wildman–Crippen MR) is 207 cm³/mol. The van der Waals surface area contributed by atoms with E-state index in [0.717, 1.165) is 5.56 Å². The lowest BCUT2D eigenvalue weighted by Gasteiger charge is -2.26.